The molecule has 0 radical (unpaired) electrons. The van der Waals surface area contributed by atoms with Gasteiger partial charge in [-0.25, -0.2) is 13.9 Å². The van der Waals surface area contributed by atoms with Gasteiger partial charge in [0.05, 0.1) is 6.61 Å². The van der Waals surface area contributed by atoms with E-state index in [1.807, 2.05) is 0 Å². The Labute approximate surface area is 231 Å². The van der Waals surface area contributed by atoms with Crippen molar-refractivity contribution < 1.29 is 46.8 Å². The quantitative estimate of drug-likeness (QED) is 0.160. The van der Waals surface area contributed by atoms with E-state index in [2.05, 4.69) is 16.0 Å². The molecule has 0 aromatic carbocycles. The minimum atomic E-state index is -4.22. The number of phosphoric ester groups is 1. The van der Waals surface area contributed by atoms with Crippen molar-refractivity contribution >= 4 is 59.5 Å². The molecule has 38 heavy (non-hydrogen) atoms. The van der Waals surface area contributed by atoms with E-state index in [4.69, 9.17) is 18.3 Å². The molecule has 1 heterocycles. The highest BCUT2D eigenvalue weighted by Gasteiger charge is 2.49. The van der Waals surface area contributed by atoms with Gasteiger partial charge in [-0.3, -0.25) is 28.2 Å². The van der Waals surface area contributed by atoms with Gasteiger partial charge in [0.15, 0.2) is 16.3 Å². The van der Waals surface area contributed by atoms with E-state index in [1.165, 1.54) is 6.92 Å². The molecule has 13 nitrogen and oxygen atoms in total. The summed E-state index contributed by atoms with van der Waals surface area (Å²) in [4.78, 5) is 59.1. The van der Waals surface area contributed by atoms with Crippen LogP contribution in [0.25, 0.3) is 0 Å². The van der Waals surface area contributed by atoms with Gasteiger partial charge in [-0.15, -0.1) is 0 Å². The number of phosphoric acid groups is 1. The molecule has 2 atom stereocenters. The molecule has 0 aromatic heterocycles. The Kier molecular flexibility index (Phi) is 14.3. The number of hydrogen-bond acceptors (Lipinski definition) is 12. The molecular formula is C22H38N3O10PS2. The van der Waals surface area contributed by atoms with Crippen LogP contribution in [0.3, 0.4) is 0 Å². The minimum Gasteiger partial charge on any atom is -0.422 e. The van der Waals surface area contributed by atoms with Crippen molar-refractivity contribution in [2.75, 3.05) is 44.5 Å². The summed E-state index contributed by atoms with van der Waals surface area (Å²) in [6.07, 6.45) is -2.08. The number of ether oxygens (including phenoxy) is 1. The second-order valence-corrected chi connectivity index (χ2v) is 13.9. The number of carbonyl (C=O) groups excluding carboxylic acids is 5. The van der Waals surface area contributed by atoms with Crippen molar-refractivity contribution in [1.82, 2.24) is 16.0 Å². The average molecular weight is 600 g/mol. The Morgan fingerprint density at radius 3 is 2.26 bits per heavy atom. The highest BCUT2D eigenvalue weighted by atomic mass is 32.2. The zero-order valence-electron chi connectivity index (χ0n) is 22.6. The summed E-state index contributed by atoms with van der Waals surface area (Å²) >= 11 is 2.19. The third kappa shape index (κ3) is 13.4. The first-order valence-corrected chi connectivity index (χ1v) is 15.3. The molecule has 1 saturated heterocycles. The fourth-order valence-corrected chi connectivity index (χ4v) is 5.49. The smallest absolute Gasteiger partial charge is 0.422 e. The monoisotopic (exact) mass is 599 g/mol. The molecule has 0 spiro atoms. The van der Waals surface area contributed by atoms with E-state index in [9.17, 15) is 28.5 Å². The number of alkyl carbamates (subject to hydrolysis) is 1. The van der Waals surface area contributed by atoms with Crippen LogP contribution in [0.1, 0.15) is 48.0 Å². The zero-order valence-corrected chi connectivity index (χ0v) is 25.1. The Balaban J connectivity index is 2.41. The molecule has 0 saturated carbocycles. The minimum absolute atomic E-state index is 0.000110. The van der Waals surface area contributed by atoms with Gasteiger partial charge < -0.3 is 20.7 Å². The van der Waals surface area contributed by atoms with E-state index >= 15 is 0 Å². The van der Waals surface area contributed by atoms with Crippen LogP contribution in [0, 0.1) is 10.8 Å². The Hall–Kier alpha value is -1.64. The molecule has 1 fully saturated rings. The van der Waals surface area contributed by atoms with Crippen LogP contribution in [-0.2, 0) is 42.1 Å². The Morgan fingerprint density at radius 2 is 1.63 bits per heavy atom. The fraction of sp³-hybridized carbons (Fsp3) is 0.773. The second-order valence-electron chi connectivity index (χ2n) is 9.92. The molecular weight excluding hydrogens is 561 g/mol. The van der Waals surface area contributed by atoms with E-state index in [-0.39, 0.29) is 42.3 Å². The number of nitrogens with one attached hydrogen (secondary N) is 3. The highest BCUT2D eigenvalue weighted by Crippen LogP contribution is 2.57. The molecule has 0 aliphatic carbocycles. The third-order valence-electron chi connectivity index (χ3n) is 4.78. The van der Waals surface area contributed by atoms with Gasteiger partial charge in [-0.05, 0) is 0 Å². The maximum Gasteiger partial charge on any atom is 0.478 e. The molecule has 1 aliphatic heterocycles. The van der Waals surface area contributed by atoms with Crippen LogP contribution in [0.2, 0.25) is 0 Å². The topological polar surface area (TPSA) is 175 Å². The maximum absolute atomic E-state index is 12.8. The fourth-order valence-electron chi connectivity index (χ4n) is 2.67. The molecule has 1 unspecified atom stereocenters. The lowest BCUT2D eigenvalue weighted by atomic mass is 9.87. The van der Waals surface area contributed by atoms with Crippen molar-refractivity contribution in [2.24, 2.45) is 10.8 Å². The van der Waals surface area contributed by atoms with Crippen molar-refractivity contribution in [3.8, 4) is 0 Å². The summed E-state index contributed by atoms with van der Waals surface area (Å²) in [5.74, 6) is -0.104. The van der Waals surface area contributed by atoms with Crippen LogP contribution in [-0.4, -0.2) is 78.8 Å². The predicted octanol–water partition coefficient (Wildman–Crippen LogP) is 2.44. The zero-order chi connectivity index (χ0) is 29.0. The molecule has 218 valence electrons. The molecule has 0 bridgehead atoms. The lowest BCUT2D eigenvalue weighted by Crippen LogP contribution is -2.50. The lowest BCUT2D eigenvalue weighted by Gasteiger charge is -2.39. The average Bonchev–Trinajstić information content (AvgIpc) is 2.80. The molecule has 1 rings (SSSR count). The molecule has 3 amide bonds. The normalized spacial score (nSPS) is 20.7. The summed E-state index contributed by atoms with van der Waals surface area (Å²) in [5.41, 5.74) is -1.35. The summed E-state index contributed by atoms with van der Waals surface area (Å²) < 4.78 is 33.2. The highest BCUT2D eigenvalue weighted by molar-refractivity contribution is 8.13. The van der Waals surface area contributed by atoms with Gasteiger partial charge in [0.1, 0.15) is 0 Å². The van der Waals surface area contributed by atoms with E-state index in [0.717, 1.165) is 23.5 Å². The first-order chi connectivity index (χ1) is 17.6. The first kappa shape index (κ1) is 34.4. The van der Waals surface area contributed by atoms with Crippen molar-refractivity contribution in [3.05, 3.63) is 0 Å². The predicted molar refractivity (Wildman–Crippen MR) is 143 cm³/mol. The first-order valence-electron chi connectivity index (χ1n) is 11.9. The summed E-state index contributed by atoms with van der Waals surface area (Å²) in [7, 11) is -4.22. The molecule has 3 N–H and O–H groups in total. The van der Waals surface area contributed by atoms with Gasteiger partial charge in [0, 0.05) is 55.3 Å². The molecule has 1 aliphatic rings. The van der Waals surface area contributed by atoms with E-state index in [1.54, 1.807) is 34.6 Å². The standard InChI is InChI=1S/C22H38N3O10PS2/c1-15(26)37-11-9-23-16(27)7-8-24-18(28)17-22(5,6)13-33-36(31,35-17)34-14-32-20(30)25-10-12-38-19(29)21(2,3)4/h17H,7-14H2,1-6H3,(H,23,27)(H,24,28)(H,25,30)/t17-,36?/m0/s1. The largest absolute Gasteiger partial charge is 0.478 e. The molecule has 0 aromatic rings. The summed E-state index contributed by atoms with van der Waals surface area (Å²) in [6, 6.07) is 0. The van der Waals surface area contributed by atoms with Gasteiger partial charge in [-0.2, -0.15) is 0 Å². The van der Waals surface area contributed by atoms with Crippen molar-refractivity contribution in [3.63, 3.8) is 0 Å². The van der Waals surface area contributed by atoms with Crippen LogP contribution >= 0.6 is 31.3 Å². The van der Waals surface area contributed by atoms with Crippen LogP contribution < -0.4 is 16.0 Å². The third-order valence-corrected chi connectivity index (χ3v) is 8.21. The van der Waals surface area contributed by atoms with Gasteiger partial charge in [0.25, 0.3) is 0 Å². The van der Waals surface area contributed by atoms with Crippen LogP contribution in [0.5, 0.6) is 0 Å². The second kappa shape index (κ2) is 15.8. The van der Waals surface area contributed by atoms with Gasteiger partial charge >= 0.3 is 13.9 Å². The van der Waals surface area contributed by atoms with Crippen molar-refractivity contribution in [1.29, 1.82) is 0 Å². The number of hydrogen-bond donors (Lipinski definition) is 3. The number of amides is 3. The van der Waals surface area contributed by atoms with Gasteiger partial charge in [0.2, 0.25) is 18.6 Å². The Bertz CT molecular complexity index is 910. The molecule has 16 heteroatoms. The van der Waals surface area contributed by atoms with E-state index in [0.29, 0.717) is 18.1 Å². The number of thioether (sulfide) groups is 2. The summed E-state index contributed by atoms with van der Waals surface area (Å²) in [6.45, 7) is 9.79. The number of carbonyl (C=O) groups is 5. The van der Waals surface area contributed by atoms with Crippen LogP contribution in [0.15, 0.2) is 0 Å². The van der Waals surface area contributed by atoms with Crippen molar-refractivity contribution in [2.45, 2.75) is 54.1 Å². The van der Waals surface area contributed by atoms with E-state index < -0.39 is 43.6 Å². The van der Waals surface area contributed by atoms with Crippen LogP contribution in [0.4, 0.5) is 4.79 Å². The SMILES string of the molecule is CC(=O)SCCNC(=O)CCNC(=O)[C@@H]1OP(=O)(OCOC(=O)NCCSC(=O)C(C)(C)C)OCC1(C)C. The number of rotatable bonds is 13. The maximum atomic E-state index is 12.8. The summed E-state index contributed by atoms with van der Waals surface area (Å²) in [5, 5.41) is 7.59. The Morgan fingerprint density at radius 1 is 1.00 bits per heavy atom. The van der Waals surface area contributed by atoms with Gasteiger partial charge in [-0.1, -0.05) is 58.1 Å². The lowest BCUT2D eigenvalue weighted by molar-refractivity contribution is -0.143.